The van der Waals surface area contributed by atoms with Gasteiger partial charge in [-0.05, 0) is 0 Å². The molecule has 0 aromatic carbocycles. The molecule has 0 fully saturated rings. The SMILES string of the molecule is [3H]n1cnc2cncnc21. The fourth-order valence-electron chi connectivity index (χ4n) is 0.652. The zero-order chi connectivity index (χ0) is 6.97. The lowest BCUT2D eigenvalue weighted by Crippen LogP contribution is -1.76. The Morgan fingerprint density at radius 3 is 3.44 bits per heavy atom. The predicted octanol–water partition coefficient (Wildman–Crippen LogP) is 0.353. The summed E-state index contributed by atoms with van der Waals surface area (Å²) in [7, 11) is 0. The lowest BCUT2D eigenvalue weighted by Gasteiger charge is -1.80. The van der Waals surface area contributed by atoms with Crippen molar-refractivity contribution in [2.45, 2.75) is 0 Å². The topological polar surface area (TPSA) is 54.5 Å². The first-order chi connectivity index (χ1) is 4.88. The maximum absolute atomic E-state index is 7.21. The minimum atomic E-state index is 0.537. The van der Waals surface area contributed by atoms with E-state index in [0.29, 0.717) is 11.2 Å². The first-order valence-electron chi connectivity index (χ1n) is 2.95. The molecule has 0 unspecified atom stereocenters. The normalized spacial score (nSPS) is 11.8. The summed E-state index contributed by atoms with van der Waals surface area (Å²) in [5.41, 5.74) is 1.19. The Bertz CT molecular complexity index is 355. The Labute approximate surface area is 52.4 Å². The molecule has 0 bridgehead atoms. The van der Waals surface area contributed by atoms with Gasteiger partial charge in [-0.25, -0.2) is 15.0 Å². The van der Waals surface area contributed by atoms with E-state index in [2.05, 4.69) is 15.0 Å². The number of nitrogens with one attached hydrogen (secondary N) is 1. The van der Waals surface area contributed by atoms with Crippen LogP contribution in [0.1, 0.15) is 0 Å². The quantitative estimate of drug-likeness (QED) is 0.548. The number of hydrogen-bond acceptors (Lipinski definition) is 3. The molecule has 0 aliphatic heterocycles. The molecule has 44 valence electrons. The van der Waals surface area contributed by atoms with Crippen molar-refractivity contribution in [3.63, 3.8) is 0 Å². The van der Waals surface area contributed by atoms with Crippen molar-refractivity contribution in [2.24, 2.45) is 0 Å². The van der Waals surface area contributed by atoms with Crippen molar-refractivity contribution in [1.29, 1.82) is 0 Å². The van der Waals surface area contributed by atoms with Crippen molar-refractivity contribution in [1.82, 2.24) is 19.9 Å². The average molecular weight is 122 g/mol. The molecule has 2 aromatic heterocycles. The highest BCUT2D eigenvalue weighted by atomic mass is 15.0. The highest BCUT2D eigenvalue weighted by molar-refractivity contribution is 5.67. The molecule has 0 aliphatic rings. The first-order valence-corrected chi connectivity index (χ1v) is 2.50. The van der Waals surface area contributed by atoms with Crippen molar-refractivity contribution in [2.75, 3.05) is 0 Å². The van der Waals surface area contributed by atoms with Gasteiger partial charge in [-0.3, -0.25) is 0 Å². The van der Waals surface area contributed by atoms with Crippen LogP contribution in [0.4, 0.5) is 0 Å². The molecule has 0 saturated heterocycles. The Hall–Kier alpha value is -1.45. The van der Waals surface area contributed by atoms with E-state index in [1.807, 2.05) is 0 Å². The fourth-order valence-corrected chi connectivity index (χ4v) is 0.652. The summed E-state index contributed by atoms with van der Waals surface area (Å²) < 4.78 is 7.21. The van der Waals surface area contributed by atoms with Crippen LogP contribution in [0, 0.1) is 0 Å². The van der Waals surface area contributed by atoms with E-state index in [1.165, 1.54) is 12.7 Å². The monoisotopic (exact) mass is 122 g/mol. The largest absolute Gasteiger partial charge is 0.329 e. The van der Waals surface area contributed by atoms with Crippen molar-refractivity contribution >= 4 is 11.2 Å². The molecule has 4 heteroatoms. The van der Waals surface area contributed by atoms with Gasteiger partial charge in [0.1, 0.15) is 11.8 Å². The van der Waals surface area contributed by atoms with E-state index in [-0.39, 0.29) is 0 Å². The fraction of sp³-hybridized carbons (Fsp3) is 0. The number of nitrogens with zero attached hydrogens (tertiary/aromatic N) is 3. The number of hydrogen-bond donors (Lipinski definition) is 1. The van der Waals surface area contributed by atoms with Crippen LogP contribution in [-0.2, 0) is 0 Å². The molecule has 2 rings (SSSR count). The van der Waals surface area contributed by atoms with E-state index in [4.69, 9.17) is 1.41 Å². The van der Waals surface area contributed by atoms with E-state index < -0.39 is 0 Å². The third kappa shape index (κ3) is 0.561. The minimum Gasteiger partial charge on any atom is -0.329 e. The van der Waals surface area contributed by atoms with E-state index in [1.54, 1.807) is 6.20 Å². The Morgan fingerprint density at radius 2 is 2.56 bits per heavy atom. The standard InChI is InChI=1S/C5H4N4/c1-4-5(8-2-6-1)9-3-7-4/h1-3H,(H,6,7,8,9)/i/hT. The number of rotatable bonds is 0. The number of imidazole rings is 1. The second-order valence-corrected chi connectivity index (χ2v) is 1.61. The molecule has 9 heavy (non-hydrogen) atoms. The summed E-state index contributed by atoms with van der Waals surface area (Å²) in [5, 5.41) is 0. The zero-order valence-electron chi connectivity index (χ0n) is 5.52. The van der Waals surface area contributed by atoms with Gasteiger partial charge >= 0.3 is 0 Å². The first kappa shape index (κ1) is 3.55. The molecule has 0 spiro atoms. The molecule has 1 N–H and O–H groups in total. The predicted molar refractivity (Wildman–Crippen MR) is 31.7 cm³/mol. The molecule has 0 aliphatic carbocycles. The van der Waals surface area contributed by atoms with Gasteiger partial charge in [-0.15, -0.1) is 0 Å². The Kier molecular flexibility index (Phi) is 0.597. The molecular formula is C5H4N4. The molecule has 2 aromatic rings. The highest BCUT2D eigenvalue weighted by Crippen LogP contribution is 1.99. The number of H-pyrrole nitrogens is 1. The van der Waals surface area contributed by atoms with Gasteiger partial charge < -0.3 is 4.98 Å². The van der Waals surface area contributed by atoms with Crippen LogP contribution in [0.2, 0.25) is 1.41 Å². The second-order valence-electron chi connectivity index (χ2n) is 1.61. The van der Waals surface area contributed by atoms with Crippen LogP contribution >= 0.6 is 0 Å². The summed E-state index contributed by atoms with van der Waals surface area (Å²) >= 11 is 0. The maximum Gasteiger partial charge on any atom is 0.169 e. The summed E-state index contributed by atoms with van der Waals surface area (Å²) in [6, 6.07) is 0. The lowest BCUT2D eigenvalue weighted by molar-refractivity contribution is 1.20. The van der Waals surface area contributed by atoms with Gasteiger partial charge in [0, 0.05) is 0 Å². The van der Waals surface area contributed by atoms with Gasteiger partial charge in [-0.2, -0.15) is 0 Å². The van der Waals surface area contributed by atoms with E-state index in [0.717, 1.165) is 4.98 Å². The van der Waals surface area contributed by atoms with E-state index >= 15 is 0 Å². The van der Waals surface area contributed by atoms with Crippen molar-refractivity contribution < 1.29 is 1.41 Å². The van der Waals surface area contributed by atoms with E-state index in [9.17, 15) is 0 Å². The summed E-state index contributed by atoms with van der Waals surface area (Å²) in [6.45, 7) is 0. The number of aromatic amines is 1. The molecule has 2 heterocycles. The Morgan fingerprint density at radius 1 is 1.56 bits per heavy atom. The molecule has 0 radical (unpaired) electrons. The Balaban J connectivity index is 2.93. The molecule has 0 saturated carbocycles. The van der Waals surface area contributed by atoms with Crippen LogP contribution < -0.4 is 0 Å². The van der Waals surface area contributed by atoms with Crippen LogP contribution in [0.25, 0.3) is 11.2 Å². The number of fused-ring (bicyclic) bond motifs is 1. The third-order valence-corrected chi connectivity index (χ3v) is 1.05. The maximum atomic E-state index is 7.21. The minimum absolute atomic E-state index is 0.537. The molecule has 0 amide bonds. The van der Waals surface area contributed by atoms with Gasteiger partial charge in [0.05, 0.1) is 12.5 Å². The van der Waals surface area contributed by atoms with Gasteiger partial charge in [0.15, 0.2) is 7.06 Å². The zero-order valence-corrected chi connectivity index (χ0v) is 4.52. The summed E-state index contributed by atoms with van der Waals surface area (Å²) in [6.07, 6.45) is 4.36. The molecule has 4 nitrogen and oxygen atoms in total. The smallest absolute Gasteiger partial charge is 0.169 e. The van der Waals surface area contributed by atoms with Crippen molar-refractivity contribution in [3.8, 4) is 0 Å². The molecule has 0 atom stereocenters. The van der Waals surface area contributed by atoms with Gasteiger partial charge in [-0.1, -0.05) is 0 Å². The van der Waals surface area contributed by atoms with Crippen molar-refractivity contribution in [3.05, 3.63) is 18.9 Å². The third-order valence-electron chi connectivity index (χ3n) is 1.05. The van der Waals surface area contributed by atoms with Crippen LogP contribution in [0.5, 0.6) is 0 Å². The van der Waals surface area contributed by atoms with Gasteiger partial charge in [0.2, 0.25) is 0 Å². The summed E-state index contributed by atoms with van der Waals surface area (Å²) in [4.78, 5) is 12.6. The van der Waals surface area contributed by atoms with Crippen LogP contribution in [0.15, 0.2) is 18.9 Å². The number of aromatic nitrogens is 4. The molecular weight excluding hydrogens is 116 g/mol. The average Bonchev–Trinajstić information content (AvgIpc) is 2.34. The van der Waals surface area contributed by atoms with Crippen LogP contribution in [0.3, 0.4) is 0 Å². The highest BCUT2D eigenvalue weighted by Gasteiger charge is 1.91. The lowest BCUT2D eigenvalue weighted by atomic mass is 10.6. The van der Waals surface area contributed by atoms with Gasteiger partial charge in [0.25, 0.3) is 0 Å². The van der Waals surface area contributed by atoms with Crippen LogP contribution in [-0.4, -0.2) is 19.9 Å². The second kappa shape index (κ2) is 1.51. The summed E-state index contributed by atoms with van der Waals surface area (Å²) in [5.74, 6) is 0.